The van der Waals surface area contributed by atoms with Crippen molar-refractivity contribution >= 4 is 23.2 Å². The van der Waals surface area contributed by atoms with Gasteiger partial charge in [-0.25, -0.2) is 9.80 Å². The molecule has 4 aliphatic rings. The topological polar surface area (TPSA) is 106 Å². The molecule has 1 aromatic heterocycles. The molecule has 2 amide bonds. The highest BCUT2D eigenvalue weighted by molar-refractivity contribution is 6.26. The molecule has 0 radical (unpaired) electrons. The highest BCUT2D eigenvalue weighted by atomic mass is 16.5. The van der Waals surface area contributed by atoms with E-state index in [-0.39, 0.29) is 11.8 Å². The number of aromatic amines is 1. The van der Waals surface area contributed by atoms with Gasteiger partial charge < -0.3 is 19.9 Å². The number of aromatic nitrogens is 2. The van der Waals surface area contributed by atoms with Crippen molar-refractivity contribution < 1.29 is 14.3 Å². The van der Waals surface area contributed by atoms with Crippen molar-refractivity contribution in [1.29, 1.82) is 0 Å². The van der Waals surface area contributed by atoms with E-state index in [2.05, 4.69) is 55.0 Å². The molecule has 3 aliphatic heterocycles. The number of hydrogen-bond donors (Lipinski definition) is 3. The van der Waals surface area contributed by atoms with Crippen LogP contribution in [-0.2, 0) is 4.74 Å². The number of hydrogen-bond acceptors (Lipinski definition) is 7. The van der Waals surface area contributed by atoms with Crippen molar-refractivity contribution in [3.05, 3.63) is 53.6 Å². The lowest BCUT2D eigenvalue weighted by atomic mass is 9.99. The molecular formula is C31H37N7O3. The Balaban J connectivity index is 1.05. The van der Waals surface area contributed by atoms with E-state index in [1.54, 1.807) is 6.07 Å². The summed E-state index contributed by atoms with van der Waals surface area (Å²) in [6, 6.07) is 14.3. The minimum atomic E-state index is -0.377. The second kappa shape index (κ2) is 11.3. The summed E-state index contributed by atoms with van der Waals surface area (Å²) in [6.07, 6.45) is 6.48. The van der Waals surface area contributed by atoms with Crippen LogP contribution < -0.4 is 15.6 Å². The van der Waals surface area contributed by atoms with Crippen molar-refractivity contribution in [3.8, 4) is 22.5 Å². The van der Waals surface area contributed by atoms with Gasteiger partial charge in [0.15, 0.2) is 5.78 Å². The van der Waals surface area contributed by atoms with Crippen LogP contribution >= 0.6 is 0 Å². The minimum absolute atomic E-state index is 0.134. The molecule has 214 valence electrons. The van der Waals surface area contributed by atoms with Crippen LogP contribution in [0.1, 0.15) is 48.0 Å². The first kappa shape index (κ1) is 26.2. The lowest BCUT2D eigenvalue weighted by Gasteiger charge is -2.41. The number of ether oxygens (including phenoxy) is 1. The van der Waals surface area contributed by atoms with Crippen LogP contribution in [0.25, 0.3) is 22.5 Å². The average Bonchev–Trinajstić information content (AvgIpc) is 3.58. The second-order valence-corrected chi connectivity index (χ2v) is 11.4. The summed E-state index contributed by atoms with van der Waals surface area (Å²) in [5.41, 5.74) is 8.57. The maximum Gasteiger partial charge on any atom is 0.333 e. The van der Waals surface area contributed by atoms with E-state index in [0.717, 1.165) is 30.3 Å². The zero-order valence-electron chi connectivity index (χ0n) is 23.3. The number of rotatable bonds is 5. The summed E-state index contributed by atoms with van der Waals surface area (Å²) in [6.45, 7) is 7.04. The Morgan fingerprint density at radius 1 is 0.902 bits per heavy atom. The molecule has 3 N–H and O–H groups in total. The lowest BCUT2D eigenvalue weighted by Crippen LogP contribution is -2.49. The molecular weight excluding hydrogens is 518 g/mol. The molecule has 10 nitrogen and oxygen atoms in total. The van der Waals surface area contributed by atoms with Gasteiger partial charge in [0, 0.05) is 49.0 Å². The van der Waals surface area contributed by atoms with Crippen molar-refractivity contribution in [3.63, 3.8) is 0 Å². The Kier molecular flexibility index (Phi) is 7.20. The third-order valence-corrected chi connectivity index (χ3v) is 8.95. The van der Waals surface area contributed by atoms with Gasteiger partial charge in [0.1, 0.15) is 5.69 Å². The Labute approximate surface area is 240 Å². The van der Waals surface area contributed by atoms with Gasteiger partial charge in [-0.15, -0.1) is 0 Å². The van der Waals surface area contributed by atoms with Gasteiger partial charge >= 0.3 is 6.03 Å². The molecule has 0 bridgehead atoms. The number of H-pyrrole nitrogens is 1. The fourth-order valence-electron chi connectivity index (χ4n) is 6.77. The Bertz CT molecular complexity index is 1420. The number of nitrogens with zero attached hydrogens (tertiary/aromatic N) is 4. The summed E-state index contributed by atoms with van der Waals surface area (Å²) >= 11 is 0. The van der Waals surface area contributed by atoms with Crippen LogP contribution in [0, 0.1) is 0 Å². The number of carbonyl (C=O) groups excluding carboxylic acids is 2. The van der Waals surface area contributed by atoms with Crippen LogP contribution in [-0.4, -0.2) is 90.4 Å². The zero-order valence-corrected chi connectivity index (χ0v) is 23.3. The first-order valence-electron chi connectivity index (χ1n) is 14.9. The Morgan fingerprint density at radius 3 is 2.41 bits per heavy atom. The van der Waals surface area contributed by atoms with Gasteiger partial charge in [-0.3, -0.25) is 15.3 Å². The molecule has 3 saturated heterocycles. The zero-order chi connectivity index (χ0) is 27.8. The number of likely N-dealkylation sites (tertiary alicyclic amines) is 1. The minimum Gasteiger partial charge on any atom is -0.379 e. The lowest BCUT2D eigenvalue weighted by molar-refractivity contribution is 0.0207. The molecule has 4 heterocycles. The molecule has 0 spiro atoms. The van der Waals surface area contributed by atoms with Gasteiger partial charge in [-0.2, -0.15) is 5.10 Å². The number of ketones is 1. The van der Waals surface area contributed by atoms with Crippen LogP contribution in [0.15, 0.2) is 42.5 Å². The summed E-state index contributed by atoms with van der Waals surface area (Å²) in [5.74, 6) is -0.134. The van der Waals surface area contributed by atoms with Crippen LogP contribution in [0.2, 0.25) is 0 Å². The van der Waals surface area contributed by atoms with Gasteiger partial charge in [0.2, 0.25) is 0 Å². The number of benzene rings is 2. The van der Waals surface area contributed by atoms with E-state index in [4.69, 9.17) is 4.74 Å². The number of amides is 2. The number of fused-ring (bicyclic) bond motifs is 3. The molecule has 0 atom stereocenters. The number of carbonyl (C=O) groups is 2. The molecule has 41 heavy (non-hydrogen) atoms. The maximum absolute atomic E-state index is 13.7. The number of morpholine rings is 1. The van der Waals surface area contributed by atoms with E-state index in [1.807, 2.05) is 17.1 Å². The van der Waals surface area contributed by atoms with Crippen molar-refractivity contribution in [2.45, 2.75) is 38.1 Å². The summed E-state index contributed by atoms with van der Waals surface area (Å²) < 4.78 is 5.34. The number of anilines is 2. The van der Waals surface area contributed by atoms with E-state index >= 15 is 0 Å². The largest absolute Gasteiger partial charge is 0.379 e. The predicted molar refractivity (Wildman–Crippen MR) is 158 cm³/mol. The number of hydrazine groups is 1. The summed E-state index contributed by atoms with van der Waals surface area (Å²) in [7, 11) is 0. The molecule has 3 fully saturated rings. The first-order valence-corrected chi connectivity index (χ1v) is 14.9. The SMILES string of the molecule is O=C(Nc1cccc2c1C(=O)c1c(-c3ccc(N4CCC(N5CCCCC5)CC4)cc3)n[nH]c1-2)NN1CCOCC1. The van der Waals surface area contributed by atoms with E-state index in [1.165, 1.54) is 50.9 Å². The molecule has 2 aromatic carbocycles. The molecule has 3 aromatic rings. The van der Waals surface area contributed by atoms with E-state index in [9.17, 15) is 9.59 Å². The quantitative estimate of drug-likeness (QED) is 0.340. The van der Waals surface area contributed by atoms with Gasteiger partial charge in [0.05, 0.1) is 35.7 Å². The summed E-state index contributed by atoms with van der Waals surface area (Å²) in [4.78, 5) is 31.6. The molecule has 0 saturated carbocycles. The highest BCUT2D eigenvalue weighted by Crippen LogP contribution is 2.43. The normalized spacial score (nSPS) is 20.1. The Morgan fingerprint density at radius 2 is 1.66 bits per heavy atom. The first-order chi connectivity index (χ1) is 20.2. The third kappa shape index (κ3) is 5.11. The third-order valence-electron chi connectivity index (χ3n) is 8.95. The highest BCUT2D eigenvalue weighted by Gasteiger charge is 2.35. The monoisotopic (exact) mass is 555 g/mol. The van der Waals surface area contributed by atoms with Gasteiger partial charge in [0.25, 0.3) is 0 Å². The number of urea groups is 1. The number of piperidine rings is 2. The second-order valence-electron chi connectivity index (χ2n) is 11.4. The molecule has 7 rings (SSSR count). The van der Waals surface area contributed by atoms with Crippen molar-refractivity contribution in [2.75, 3.05) is 62.7 Å². The fourth-order valence-corrected chi connectivity index (χ4v) is 6.77. The average molecular weight is 556 g/mol. The van der Waals surface area contributed by atoms with Crippen molar-refractivity contribution in [2.24, 2.45) is 0 Å². The number of nitrogens with one attached hydrogen (secondary N) is 3. The molecule has 1 aliphatic carbocycles. The van der Waals surface area contributed by atoms with E-state index in [0.29, 0.717) is 54.5 Å². The maximum atomic E-state index is 13.7. The van der Waals surface area contributed by atoms with Gasteiger partial charge in [-0.05, 0) is 57.0 Å². The predicted octanol–water partition coefficient (Wildman–Crippen LogP) is 4.11. The van der Waals surface area contributed by atoms with Crippen LogP contribution in [0.5, 0.6) is 0 Å². The molecule has 10 heteroatoms. The van der Waals surface area contributed by atoms with Crippen LogP contribution in [0.3, 0.4) is 0 Å². The standard InChI is InChI=1S/C31H37N7O3/c39-30-26-24(5-4-6-25(26)32-31(40)35-38-17-19-41-20-18-38)29-27(30)28(33-34-29)21-7-9-22(10-8-21)37-15-11-23(12-16-37)36-13-2-1-3-14-36/h4-10,23H,1-3,11-20H2,(H,33,34)(H2,32,35,40). The fraction of sp³-hybridized carbons (Fsp3) is 0.452. The van der Waals surface area contributed by atoms with Gasteiger partial charge in [-0.1, -0.05) is 30.7 Å². The smallest absolute Gasteiger partial charge is 0.333 e. The van der Waals surface area contributed by atoms with Crippen molar-refractivity contribution in [1.82, 2.24) is 25.5 Å². The summed E-state index contributed by atoms with van der Waals surface area (Å²) in [5, 5.41) is 12.3. The molecule has 0 unspecified atom stereocenters. The van der Waals surface area contributed by atoms with Crippen LogP contribution in [0.4, 0.5) is 16.2 Å². The Hall–Kier alpha value is -3.73. The van der Waals surface area contributed by atoms with E-state index < -0.39 is 0 Å².